The number of hydrogen-bond donors (Lipinski definition) is 0. The summed E-state index contributed by atoms with van der Waals surface area (Å²) in [6.07, 6.45) is 8.48. The molecule has 1 atom stereocenters. The molecule has 0 saturated carbocycles. The van der Waals surface area contributed by atoms with Gasteiger partial charge < -0.3 is 4.74 Å². The van der Waals surface area contributed by atoms with Gasteiger partial charge in [-0.15, -0.1) is 0 Å². The number of methoxy groups -OCH3 is 1. The number of aryl methyl sites for hydroxylation is 1. The number of ether oxygens (including phenoxy) is 1. The summed E-state index contributed by atoms with van der Waals surface area (Å²) >= 11 is 0. The number of fused-ring (bicyclic) bond motifs is 1. The number of benzene rings is 1. The van der Waals surface area contributed by atoms with Gasteiger partial charge in [-0.05, 0) is 67.2 Å². The van der Waals surface area contributed by atoms with E-state index >= 15 is 0 Å². The van der Waals surface area contributed by atoms with E-state index in [-0.39, 0.29) is 5.60 Å². The van der Waals surface area contributed by atoms with E-state index in [9.17, 15) is 0 Å². The van der Waals surface area contributed by atoms with Crippen molar-refractivity contribution in [3.63, 3.8) is 0 Å². The molecule has 0 aromatic heterocycles. The number of hydrogen-bond acceptors (Lipinski definition) is 1. The van der Waals surface area contributed by atoms with E-state index in [0.717, 1.165) is 19.3 Å². The van der Waals surface area contributed by atoms with Crippen LogP contribution in [0.5, 0.6) is 0 Å². The normalized spacial score (nSPS) is 25.4. The van der Waals surface area contributed by atoms with E-state index in [0.29, 0.717) is 0 Å². The van der Waals surface area contributed by atoms with Gasteiger partial charge in [0.1, 0.15) is 5.60 Å². The van der Waals surface area contributed by atoms with Gasteiger partial charge in [-0.2, -0.15) is 0 Å². The third-order valence-corrected chi connectivity index (χ3v) is 5.34. The smallest absolute Gasteiger partial charge is 0.114 e. The standard InChI is InChI=1S/C19H26O/c1-4-14-10-11-16-13-15-8-6-7-9-17(15)19(5-2,20-3)18(16)12-14/h10-12H,4-9,13H2,1-3H3. The molecule has 0 heterocycles. The Labute approximate surface area is 123 Å². The van der Waals surface area contributed by atoms with Crippen LogP contribution in [0.4, 0.5) is 0 Å². The summed E-state index contributed by atoms with van der Waals surface area (Å²) in [5.74, 6) is 0. The summed E-state index contributed by atoms with van der Waals surface area (Å²) in [7, 11) is 1.90. The summed E-state index contributed by atoms with van der Waals surface area (Å²) in [4.78, 5) is 0. The molecule has 1 heteroatoms. The van der Waals surface area contributed by atoms with Crippen molar-refractivity contribution in [2.75, 3.05) is 7.11 Å². The van der Waals surface area contributed by atoms with Crippen molar-refractivity contribution < 1.29 is 4.74 Å². The first-order chi connectivity index (χ1) is 9.75. The van der Waals surface area contributed by atoms with Crippen molar-refractivity contribution in [1.29, 1.82) is 0 Å². The zero-order valence-electron chi connectivity index (χ0n) is 13.1. The molecule has 0 bridgehead atoms. The average molecular weight is 270 g/mol. The van der Waals surface area contributed by atoms with Crippen LogP contribution in [0.1, 0.15) is 62.6 Å². The van der Waals surface area contributed by atoms with Crippen LogP contribution < -0.4 is 0 Å². The Morgan fingerprint density at radius 2 is 1.95 bits per heavy atom. The van der Waals surface area contributed by atoms with E-state index < -0.39 is 0 Å². The number of allylic oxidation sites excluding steroid dienone is 1. The fourth-order valence-corrected chi connectivity index (χ4v) is 4.20. The van der Waals surface area contributed by atoms with Crippen molar-refractivity contribution in [3.05, 3.63) is 46.0 Å². The van der Waals surface area contributed by atoms with Gasteiger partial charge in [0.2, 0.25) is 0 Å². The Balaban J connectivity index is 2.19. The maximum atomic E-state index is 6.17. The van der Waals surface area contributed by atoms with Crippen molar-refractivity contribution >= 4 is 0 Å². The van der Waals surface area contributed by atoms with Gasteiger partial charge in [-0.3, -0.25) is 0 Å². The van der Waals surface area contributed by atoms with Crippen LogP contribution in [0.25, 0.3) is 0 Å². The first kappa shape index (κ1) is 13.9. The second-order valence-corrected chi connectivity index (χ2v) is 6.20. The van der Waals surface area contributed by atoms with Crippen molar-refractivity contribution in [2.45, 2.75) is 64.4 Å². The van der Waals surface area contributed by atoms with Crippen LogP contribution in [0.15, 0.2) is 29.3 Å². The molecule has 0 N–H and O–H groups in total. The molecule has 0 spiro atoms. The fraction of sp³-hybridized carbons (Fsp3) is 0.579. The molecule has 20 heavy (non-hydrogen) atoms. The van der Waals surface area contributed by atoms with E-state index in [2.05, 4.69) is 32.0 Å². The molecular weight excluding hydrogens is 244 g/mol. The van der Waals surface area contributed by atoms with Crippen molar-refractivity contribution in [2.24, 2.45) is 0 Å². The molecule has 1 nitrogen and oxygen atoms in total. The lowest BCUT2D eigenvalue weighted by molar-refractivity contribution is 0.00679. The second-order valence-electron chi connectivity index (χ2n) is 6.20. The highest BCUT2D eigenvalue weighted by molar-refractivity contribution is 5.50. The predicted molar refractivity (Wildman–Crippen MR) is 84.0 cm³/mol. The Kier molecular flexibility index (Phi) is 3.72. The molecule has 3 rings (SSSR count). The van der Waals surface area contributed by atoms with Crippen LogP contribution >= 0.6 is 0 Å². The molecule has 0 aliphatic heterocycles. The predicted octanol–water partition coefficient (Wildman–Crippen LogP) is 4.93. The summed E-state index contributed by atoms with van der Waals surface area (Å²) in [5.41, 5.74) is 7.49. The van der Waals surface area contributed by atoms with Crippen LogP contribution in [-0.2, 0) is 23.2 Å². The minimum Gasteiger partial charge on any atom is -0.369 e. The molecular formula is C19H26O. The molecule has 1 aromatic carbocycles. The summed E-state index contributed by atoms with van der Waals surface area (Å²) in [6, 6.07) is 7.04. The van der Waals surface area contributed by atoms with Gasteiger partial charge in [0.05, 0.1) is 0 Å². The third kappa shape index (κ3) is 1.95. The molecule has 1 unspecified atom stereocenters. The lowest BCUT2D eigenvalue weighted by Gasteiger charge is -2.43. The van der Waals surface area contributed by atoms with Crippen molar-refractivity contribution in [3.8, 4) is 0 Å². The summed E-state index contributed by atoms with van der Waals surface area (Å²) in [6.45, 7) is 4.51. The molecule has 1 aromatic rings. The van der Waals surface area contributed by atoms with E-state index in [1.165, 1.54) is 42.4 Å². The zero-order chi connectivity index (χ0) is 14.2. The van der Waals surface area contributed by atoms with Gasteiger partial charge in [-0.25, -0.2) is 0 Å². The second kappa shape index (κ2) is 5.37. The Morgan fingerprint density at radius 3 is 2.65 bits per heavy atom. The van der Waals surface area contributed by atoms with Crippen molar-refractivity contribution in [1.82, 2.24) is 0 Å². The van der Waals surface area contributed by atoms with Gasteiger partial charge in [0, 0.05) is 7.11 Å². The van der Waals surface area contributed by atoms with E-state index in [1.807, 2.05) is 7.11 Å². The van der Waals surface area contributed by atoms with E-state index in [4.69, 9.17) is 4.74 Å². The van der Waals surface area contributed by atoms with Gasteiger partial charge in [-0.1, -0.05) is 37.6 Å². The third-order valence-electron chi connectivity index (χ3n) is 5.34. The highest BCUT2D eigenvalue weighted by atomic mass is 16.5. The average Bonchev–Trinajstić information content (AvgIpc) is 2.52. The maximum absolute atomic E-state index is 6.17. The Morgan fingerprint density at radius 1 is 1.15 bits per heavy atom. The van der Waals surface area contributed by atoms with Crippen LogP contribution in [0, 0.1) is 0 Å². The molecule has 2 aliphatic carbocycles. The first-order valence-electron chi connectivity index (χ1n) is 8.14. The Hall–Kier alpha value is -1.08. The molecule has 0 amide bonds. The molecule has 2 aliphatic rings. The SMILES string of the molecule is CCc1ccc2c(c1)C(CC)(OC)C1=C(CCCC1)C2. The minimum absolute atomic E-state index is 0.144. The van der Waals surface area contributed by atoms with Gasteiger partial charge >= 0.3 is 0 Å². The maximum Gasteiger partial charge on any atom is 0.114 e. The number of rotatable bonds is 3. The summed E-state index contributed by atoms with van der Waals surface area (Å²) in [5, 5.41) is 0. The van der Waals surface area contributed by atoms with Gasteiger partial charge in [0.15, 0.2) is 0 Å². The monoisotopic (exact) mass is 270 g/mol. The minimum atomic E-state index is -0.144. The van der Waals surface area contributed by atoms with Gasteiger partial charge in [0.25, 0.3) is 0 Å². The largest absolute Gasteiger partial charge is 0.369 e. The Bertz CT molecular complexity index is 535. The quantitative estimate of drug-likeness (QED) is 0.708. The molecule has 108 valence electrons. The molecule has 0 saturated heterocycles. The van der Waals surface area contributed by atoms with Crippen LogP contribution in [0.2, 0.25) is 0 Å². The topological polar surface area (TPSA) is 9.23 Å². The highest BCUT2D eigenvalue weighted by Crippen LogP contribution is 2.49. The summed E-state index contributed by atoms with van der Waals surface area (Å²) < 4.78 is 6.17. The highest BCUT2D eigenvalue weighted by Gasteiger charge is 2.41. The van der Waals surface area contributed by atoms with Crippen LogP contribution in [-0.4, -0.2) is 7.11 Å². The first-order valence-corrected chi connectivity index (χ1v) is 8.14. The van der Waals surface area contributed by atoms with Crippen LogP contribution in [0.3, 0.4) is 0 Å². The molecule has 0 fully saturated rings. The lowest BCUT2D eigenvalue weighted by Crippen LogP contribution is -2.36. The molecule has 0 radical (unpaired) electrons. The fourth-order valence-electron chi connectivity index (χ4n) is 4.20. The zero-order valence-corrected chi connectivity index (χ0v) is 13.1. The lowest BCUT2D eigenvalue weighted by atomic mass is 9.68. The van der Waals surface area contributed by atoms with E-state index in [1.54, 1.807) is 11.1 Å².